The van der Waals surface area contributed by atoms with Gasteiger partial charge in [-0.2, -0.15) is 0 Å². The quantitative estimate of drug-likeness (QED) is 0.0698. The smallest absolute Gasteiger partial charge is 0.0431 e. The predicted octanol–water partition coefficient (Wildman–Crippen LogP) is 10.9. The minimum absolute atomic E-state index is 0.361. The van der Waals surface area contributed by atoms with Gasteiger partial charge in [-0.3, -0.25) is 0 Å². The molecule has 0 saturated carbocycles. The molecule has 0 radical (unpaired) electrons. The van der Waals surface area contributed by atoms with E-state index < -0.39 is 0 Å². The van der Waals surface area contributed by atoms with E-state index in [1.165, 1.54) is 154 Å². The van der Waals surface area contributed by atoms with E-state index >= 15 is 0 Å². The van der Waals surface area contributed by atoms with E-state index in [1.807, 2.05) is 0 Å². The van der Waals surface area contributed by atoms with Crippen LogP contribution in [0.25, 0.3) is 0 Å². The topological polar surface area (TPSA) is 80.9 Å². The summed E-state index contributed by atoms with van der Waals surface area (Å²) in [5.74, 6) is 0. The van der Waals surface area contributed by atoms with Crippen LogP contribution in [0.15, 0.2) is 0 Å². The summed E-state index contributed by atoms with van der Waals surface area (Å²) in [6.45, 7) is 10.3. The molecule has 4 nitrogen and oxygen atoms in total. The molecular weight excluding hydrogens is 496 g/mol. The number of rotatable bonds is 28. The molecule has 0 rings (SSSR count). The van der Waals surface area contributed by atoms with Crippen molar-refractivity contribution in [2.24, 2.45) is 0 Å². The largest absolute Gasteiger partial charge is 0.396 e. The van der Waals surface area contributed by atoms with Gasteiger partial charge in [0.05, 0.1) is 0 Å². The van der Waals surface area contributed by atoms with Crippen molar-refractivity contribution in [2.45, 2.75) is 207 Å². The fourth-order valence-electron chi connectivity index (χ4n) is 4.28. The first-order chi connectivity index (χ1) is 19.7. The number of hydrogen-bond acceptors (Lipinski definition) is 4. The van der Waals surface area contributed by atoms with Crippen molar-refractivity contribution in [2.75, 3.05) is 26.4 Å². The Labute approximate surface area is 254 Å². The van der Waals surface area contributed by atoms with Crippen molar-refractivity contribution in [3.63, 3.8) is 0 Å². The summed E-state index contributed by atoms with van der Waals surface area (Å²) < 4.78 is 0. The molecule has 248 valence electrons. The molecule has 40 heavy (non-hydrogen) atoms. The van der Waals surface area contributed by atoms with Crippen molar-refractivity contribution in [1.82, 2.24) is 0 Å². The highest BCUT2D eigenvalue weighted by Crippen LogP contribution is 2.10. The SMILES string of the molecule is CCCCCCCCCCCCO.CCCCCCCCCCO.CCCCCCCCO.CCCCCCO. The zero-order chi connectivity index (χ0) is 30.6. The fraction of sp³-hybridized carbons (Fsp3) is 1.00. The predicted molar refractivity (Wildman–Crippen MR) is 180 cm³/mol. The molecule has 0 aliphatic rings. The van der Waals surface area contributed by atoms with E-state index in [9.17, 15) is 0 Å². The van der Waals surface area contributed by atoms with Crippen molar-refractivity contribution in [1.29, 1.82) is 0 Å². The van der Waals surface area contributed by atoms with Gasteiger partial charge in [0.25, 0.3) is 0 Å². The summed E-state index contributed by atoms with van der Waals surface area (Å²) in [6.07, 6.45) is 35.9. The second-order valence-electron chi connectivity index (χ2n) is 11.4. The average Bonchev–Trinajstić information content (AvgIpc) is 2.97. The first kappa shape index (κ1) is 46.8. The molecule has 0 aromatic heterocycles. The Morgan fingerprint density at radius 1 is 0.200 bits per heavy atom. The zero-order valence-corrected chi connectivity index (χ0v) is 28.4. The average molecular weight is 577 g/mol. The van der Waals surface area contributed by atoms with Crippen molar-refractivity contribution in [3.8, 4) is 0 Å². The van der Waals surface area contributed by atoms with E-state index in [-0.39, 0.29) is 0 Å². The van der Waals surface area contributed by atoms with Crippen LogP contribution in [0, 0.1) is 0 Å². The Morgan fingerprint density at radius 2 is 0.325 bits per heavy atom. The third kappa shape index (κ3) is 66.3. The van der Waals surface area contributed by atoms with Crippen LogP contribution in [0.4, 0.5) is 0 Å². The molecule has 0 fully saturated rings. The molecule has 0 saturated heterocycles. The molecular formula is C36H80O4. The Kier molecular flexibility index (Phi) is 64.2. The minimum atomic E-state index is 0.361. The normalized spacial score (nSPS) is 10.2. The zero-order valence-electron chi connectivity index (χ0n) is 28.4. The number of aliphatic hydroxyl groups excluding tert-OH is 4. The summed E-state index contributed by atoms with van der Waals surface area (Å²) in [7, 11) is 0. The summed E-state index contributed by atoms with van der Waals surface area (Å²) in [5.41, 5.74) is 0. The first-order valence-electron chi connectivity index (χ1n) is 18.1. The third-order valence-corrected chi connectivity index (χ3v) is 7.05. The van der Waals surface area contributed by atoms with E-state index in [1.54, 1.807) is 0 Å². The fourth-order valence-corrected chi connectivity index (χ4v) is 4.28. The van der Waals surface area contributed by atoms with Crippen LogP contribution < -0.4 is 0 Å². The highest BCUT2D eigenvalue weighted by Gasteiger charge is 1.92. The highest BCUT2D eigenvalue weighted by atomic mass is 16.3. The maximum atomic E-state index is 8.57. The number of hydrogen-bond donors (Lipinski definition) is 4. The van der Waals surface area contributed by atoms with Crippen LogP contribution in [0.5, 0.6) is 0 Å². The van der Waals surface area contributed by atoms with Crippen LogP contribution in [-0.4, -0.2) is 46.9 Å². The standard InChI is InChI=1S/C12H26O.C10H22O.C8H18O.C6H14O/c1-2-3-4-5-6-7-8-9-10-11-12-13;1-2-3-4-5-6-7-8-9-10-11;1-2-3-4-5-6-7-8-9;1-2-3-4-5-6-7/h13H,2-12H2,1H3;11H,2-10H2,1H3;9H,2-8H2,1H3;7H,2-6H2,1H3. The Morgan fingerprint density at radius 3 is 0.475 bits per heavy atom. The monoisotopic (exact) mass is 577 g/mol. The van der Waals surface area contributed by atoms with Gasteiger partial charge in [-0.25, -0.2) is 0 Å². The molecule has 0 spiro atoms. The van der Waals surface area contributed by atoms with Gasteiger partial charge in [0, 0.05) is 26.4 Å². The summed E-state index contributed by atoms with van der Waals surface area (Å²) in [5, 5.41) is 33.8. The molecule has 0 aromatic carbocycles. The van der Waals surface area contributed by atoms with Gasteiger partial charge >= 0.3 is 0 Å². The lowest BCUT2D eigenvalue weighted by Crippen LogP contribution is -1.84. The molecule has 0 bridgehead atoms. The van der Waals surface area contributed by atoms with Crippen LogP contribution in [0.3, 0.4) is 0 Å². The van der Waals surface area contributed by atoms with Crippen molar-refractivity contribution >= 4 is 0 Å². The minimum Gasteiger partial charge on any atom is -0.396 e. The van der Waals surface area contributed by atoms with Gasteiger partial charge in [0.2, 0.25) is 0 Å². The molecule has 0 aliphatic heterocycles. The van der Waals surface area contributed by atoms with Gasteiger partial charge in [-0.05, 0) is 25.7 Å². The van der Waals surface area contributed by atoms with Crippen LogP contribution >= 0.6 is 0 Å². The van der Waals surface area contributed by atoms with Crippen molar-refractivity contribution in [3.05, 3.63) is 0 Å². The van der Waals surface area contributed by atoms with E-state index in [0.717, 1.165) is 25.7 Å². The molecule has 4 N–H and O–H groups in total. The molecule has 4 heteroatoms. The second kappa shape index (κ2) is 54.9. The van der Waals surface area contributed by atoms with E-state index in [0.29, 0.717) is 26.4 Å². The van der Waals surface area contributed by atoms with Crippen LogP contribution in [0.2, 0.25) is 0 Å². The number of unbranched alkanes of at least 4 members (excludes halogenated alkanes) is 24. The highest BCUT2D eigenvalue weighted by molar-refractivity contribution is 4.47. The molecule has 0 heterocycles. The maximum absolute atomic E-state index is 8.57. The Bertz CT molecular complexity index is 311. The van der Waals surface area contributed by atoms with Gasteiger partial charge in [0.1, 0.15) is 0 Å². The summed E-state index contributed by atoms with van der Waals surface area (Å²) in [6, 6.07) is 0. The molecule has 0 amide bonds. The van der Waals surface area contributed by atoms with Gasteiger partial charge < -0.3 is 20.4 Å². The number of aliphatic hydroxyl groups is 4. The molecule has 0 aliphatic carbocycles. The Balaban J connectivity index is -0.000000221. The molecule has 0 unspecified atom stereocenters. The van der Waals surface area contributed by atoms with E-state index in [4.69, 9.17) is 20.4 Å². The van der Waals surface area contributed by atoms with Gasteiger partial charge in [-0.1, -0.05) is 182 Å². The first-order valence-corrected chi connectivity index (χ1v) is 18.1. The van der Waals surface area contributed by atoms with E-state index in [2.05, 4.69) is 27.7 Å². The van der Waals surface area contributed by atoms with Crippen LogP contribution in [0.1, 0.15) is 207 Å². The van der Waals surface area contributed by atoms with Crippen LogP contribution in [-0.2, 0) is 0 Å². The molecule has 0 atom stereocenters. The Hall–Kier alpha value is -0.160. The van der Waals surface area contributed by atoms with Gasteiger partial charge in [0.15, 0.2) is 0 Å². The maximum Gasteiger partial charge on any atom is 0.0431 e. The lowest BCUT2D eigenvalue weighted by Gasteiger charge is -2.00. The second-order valence-corrected chi connectivity index (χ2v) is 11.4. The lowest BCUT2D eigenvalue weighted by molar-refractivity contribution is 0.282. The summed E-state index contributed by atoms with van der Waals surface area (Å²) in [4.78, 5) is 0. The molecule has 0 aromatic rings. The third-order valence-electron chi connectivity index (χ3n) is 7.05. The van der Waals surface area contributed by atoms with Gasteiger partial charge in [-0.15, -0.1) is 0 Å². The summed E-state index contributed by atoms with van der Waals surface area (Å²) >= 11 is 0. The lowest BCUT2D eigenvalue weighted by atomic mass is 10.1. The van der Waals surface area contributed by atoms with Crippen molar-refractivity contribution < 1.29 is 20.4 Å².